The number of para-hydroxylation sites is 1. The third-order valence-corrected chi connectivity index (χ3v) is 5.29. The summed E-state index contributed by atoms with van der Waals surface area (Å²) < 4.78 is 0. The van der Waals surface area contributed by atoms with Crippen molar-refractivity contribution in [2.75, 3.05) is 13.1 Å². The van der Waals surface area contributed by atoms with E-state index in [0.29, 0.717) is 19.4 Å². The largest absolute Gasteiger partial charge is 0.361 e. The minimum absolute atomic E-state index is 0.0464. The number of aromatic nitrogens is 1. The number of hydrogen-bond donors (Lipinski definition) is 2. The van der Waals surface area contributed by atoms with Crippen LogP contribution in [0.25, 0.3) is 10.9 Å². The van der Waals surface area contributed by atoms with Crippen molar-refractivity contribution >= 4 is 22.7 Å². The van der Waals surface area contributed by atoms with E-state index >= 15 is 0 Å². The molecule has 3 aromatic rings. The Balaban J connectivity index is 1.31. The lowest BCUT2D eigenvalue weighted by molar-refractivity contribution is -0.674. The molecule has 0 unspecified atom stereocenters. The van der Waals surface area contributed by atoms with Crippen molar-refractivity contribution in [2.45, 2.75) is 25.3 Å². The van der Waals surface area contributed by atoms with Gasteiger partial charge in [0.05, 0.1) is 13.0 Å². The number of H-pyrrole nitrogens is 1. The van der Waals surface area contributed by atoms with Gasteiger partial charge < -0.3 is 10.3 Å². The van der Waals surface area contributed by atoms with Gasteiger partial charge in [0, 0.05) is 30.1 Å². The van der Waals surface area contributed by atoms with Gasteiger partial charge in [0.2, 0.25) is 5.91 Å². The van der Waals surface area contributed by atoms with Crippen molar-refractivity contribution in [3.8, 4) is 0 Å². The number of aromatic amines is 1. The second kappa shape index (κ2) is 7.76. The molecule has 5 nitrogen and oxygen atoms in total. The van der Waals surface area contributed by atoms with Crippen LogP contribution in [0.1, 0.15) is 17.5 Å². The molecule has 2 amide bonds. The number of rotatable bonds is 7. The standard InChI is InChI=1S/C22H23N3O2/c26-21-14-20(22(27)25(21)13-11-16-6-2-1-3-7-16)23-12-10-17-15-24-19-9-5-4-8-18(17)19/h1-9,15,20,23-24H,10-14H2/p+1/t20-/m0/s1. The minimum atomic E-state index is -0.279. The molecule has 1 aliphatic heterocycles. The fourth-order valence-electron chi connectivity index (χ4n) is 3.79. The minimum Gasteiger partial charge on any atom is -0.361 e. The zero-order valence-electron chi connectivity index (χ0n) is 15.2. The van der Waals surface area contributed by atoms with Crippen LogP contribution in [0.4, 0.5) is 0 Å². The normalized spacial score (nSPS) is 17.2. The van der Waals surface area contributed by atoms with Crippen molar-refractivity contribution in [1.82, 2.24) is 9.88 Å². The van der Waals surface area contributed by atoms with E-state index in [1.165, 1.54) is 15.8 Å². The topological polar surface area (TPSA) is 69.8 Å². The number of fused-ring (bicyclic) bond motifs is 1. The molecule has 1 saturated heterocycles. The van der Waals surface area contributed by atoms with Crippen LogP contribution in [-0.4, -0.2) is 40.8 Å². The number of carbonyl (C=O) groups excluding carboxylic acids is 2. The lowest BCUT2D eigenvalue weighted by Crippen LogP contribution is -2.92. The fraction of sp³-hybridized carbons (Fsp3) is 0.273. The SMILES string of the molecule is O=C1C[C@H]([NH2+]CCc2c[nH]c3ccccc23)C(=O)N1CCc1ccccc1. The van der Waals surface area contributed by atoms with Gasteiger partial charge in [-0.2, -0.15) is 0 Å². The van der Waals surface area contributed by atoms with Crippen molar-refractivity contribution in [3.05, 3.63) is 71.9 Å². The summed E-state index contributed by atoms with van der Waals surface area (Å²) in [5, 5.41) is 3.24. The van der Waals surface area contributed by atoms with Gasteiger partial charge in [0.15, 0.2) is 6.04 Å². The number of quaternary nitrogens is 1. The highest BCUT2D eigenvalue weighted by Gasteiger charge is 2.40. The highest BCUT2D eigenvalue weighted by atomic mass is 16.2. The number of nitrogens with zero attached hydrogens (tertiary/aromatic N) is 1. The average Bonchev–Trinajstić information content (AvgIpc) is 3.22. The lowest BCUT2D eigenvalue weighted by Gasteiger charge is -2.14. The van der Waals surface area contributed by atoms with Gasteiger partial charge in [-0.05, 0) is 23.6 Å². The van der Waals surface area contributed by atoms with Crippen molar-refractivity contribution in [1.29, 1.82) is 0 Å². The van der Waals surface area contributed by atoms with Gasteiger partial charge in [0.1, 0.15) is 0 Å². The second-order valence-corrected chi connectivity index (χ2v) is 7.06. The van der Waals surface area contributed by atoms with Crippen molar-refractivity contribution in [3.63, 3.8) is 0 Å². The van der Waals surface area contributed by atoms with Gasteiger partial charge >= 0.3 is 0 Å². The first-order valence-electron chi connectivity index (χ1n) is 9.49. The van der Waals surface area contributed by atoms with E-state index in [2.05, 4.69) is 17.1 Å². The van der Waals surface area contributed by atoms with Gasteiger partial charge in [-0.1, -0.05) is 48.5 Å². The summed E-state index contributed by atoms with van der Waals surface area (Å²) in [6.45, 7) is 1.26. The molecule has 2 aromatic carbocycles. The molecule has 1 aliphatic rings. The Morgan fingerprint density at radius 2 is 1.78 bits per heavy atom. The number of likely N-dealkylation sites (tertiary alicyclic amines) is 1. The zero-order valence-corrected chi connectivity index (χ0v) is 15.2. The third kappa shape index (κ3) is 3.78. The van der Waals surface area contributed by atoms with Crippen LogP contribution in [-0.2, 0) is 22.4 Å². The Hall–Kier alpha value is -2.92. The molecule has 2 heterocycles. The molecule has 138 valence electrons. The molecule has 0 bridgehead atoms. The number of benzene rings is 2. The summed E-state index contributed by atoms with van der Waals surface area (Å²) in [7, 11) is 0. The quantitative estimate of drug-likeness (QED) is 0.628. The zero-order chi connectivity index (χ0) is 18.6. The smallest absolute Gasteiger partial charge is 0.287 e. The van der Waals surface area contributed by atoms with E-state index in [1.54, 1.807) is 0 Å². The van der Waals surface area contributed by atoms with E-state index in [9.17, 15) is 9.59 Å². The highest BCUT2D eigenvalue weighted by molar-refractivity contribution is 6.04. The number of nitrogens with one attached hydrogen (secondary N) is 1. The third-order valence-electron chi connectivity index (χ3n) is 5.29. The summed E-state index contributed by atoms with van der Waals surface area (Å²) in [5.41, 5.74) is 3.52. The van der Waals surface area contributed by atoms with E-state index in [4.69, 9.17) is 0 Å². The van der Waals surface area contributed by atoms with E-state index in [-0.39, 0.29) is 17.9 Å². The van der Waals surface area contributed by atoms with Crippen LogP contribution in [0.2, 0.25) is 0 Å². The molecule has 0 saturated carbocycles. The summed E-state index contributed by atoms with van der Waals surface area (Å²) in [6, 6.07) is 17.9. The Kier molecular flexibility index (Phi) is 5.03. The second-order valence-electron chi connectivity index (χ2n) is 7.06. The van der Waals surface area contributed by atoms with Crippen LogP contribution in [0.15, 0.2) is 60.8 Å². The van der Waals surface area contributed by atoms with E-state index < -0.39 is 0 Å². The highest BCUT2D eigenvalue weighted by Crippen LogP contribution is 2.17. The summed E-state index contributed by atoms with van der Waals surface area (Å²) in [6.07, 6.45) is 3.92. The Bertz CT molecular complexity index is 948. The van der Waals surface area contributed by atoms with Gasteiger partial charge in [-0.3, -0.25) is 14.5 Å². The number of imide groups is 1. The molecular formula is C22H24N3O2+. The molecule has 27 heavy (non-hydrogen) atoms. The van der Waals surface area contributed by atoms with Crippen LogP contribution in [0, 0.1) is 0 Å². The first kappa shape index (κ1) is 17.5. The number of amides is 2. The van der Waals surface area contributed by atoms with Crippen LogP contribution in [0.5, 0.6) is 0 Å². The monoisotopic (exact) mass is 362 g/mol. The molecule has 3 N–H and O–H groups in total. The molecule has 0 spiro atoms. The van der Waals surface area contributed by atoms with Gasteiger partial charge in [-0.25, -0.2) is 0 Å². The molecule has 1 fully saturated rings. The Labute approximate surface area is 158 Å². The molecular weight excluding hydrogens is 338 g/mol. The van der Waals surface area contributed by atoms with E-state index in [0.717, 1.165) is 24.0 Å². The molecule has 5 heteroatoms. The lowest BCUT2D eigenvalue weighted by atomic mass is 10.1. The van der Waals surface area contributed by atoms with Crippen LogP contribution in [0.3, 0.4) is 0 Å². The van der Waals surface area contributed by atoms with Gasteiger partial charge in [0.25, 0.3) is 5.91 Å². The number of hydrogen-bond acceptors (Lipinski definition) is 2. The van der Waals surface area contributed by atoms with Crippen molar-refractivity contribution < 1.29 is 14.9 Å². The first-order chi connectivity index (χ1) is 13.2. The van der Waals surface area contributed by atoms with E-state index in [1.807, 2.05) is 54.0 Å². The molecule has 0 radical (unpaired) electrons. The Morgan fingerprint density at radius 1 is 1.00 bits per heavy atom. The predicted molar refractivity (Wildman–Crippen MR) is 104 cm³/mol. The summed E-state index contributed by atoms with van der Waals surface area (Å²) in [4.78, 5) is 29.6. The first-order valence-corrected chi connectivity index (χ1v) is 9.49. The maximum atomic E-state index is 12.6. The van der Waals surface area contributed by atoms with Crippen LogP contribution >= 0.6 is 0 Å². The predicted octanol–water partition coefficient (Wildman–Crippen LogP) is 1.64. The van der Waals surface area contributed by atoms with Crippen molar-refractivity contribution in [2.24, 2.45) is 0 Å². The average molecular weight is 362 g/mol. The molecule has 0 aliphatic carbocycles. The summed E-state index contributed by atoms with van der Waals surface area (Å²) >= 11 is 0. The summed E-state index contributed by atoms with van der Waals surface area (Å²) in [5.74, 6) is -0.0980. The number of carbonyl (C=O) groups is 2. The van der Waals surface area contributed by atoms with Gasteiger partial charge in [-0.15, -0.1) is 0 Å². The molecule has 4 rings (SSSR count). The molecule has 1 atom stereocenters. The Morgan fingerprint density at radius 3 is 2.63 bits per heavy atom. The van der Waals surface area contributed by atoms with Crippen LogP contribution < -0.4 is 5.32 Å². The number of nitrogens with two attached hydrogens (primary N) is 1. The maximum Gasteiger partial charge on any atom is 0.287 e. The molecule has 1 aromatic heterocycles. The maximum absolute atomic E-state index is 12.6. The fourth-order valence-corrected chi connectivity index (χ4v) is 3.79.